The Hall–Kier alpha value is -0.320. The Kier molecular flexibility index (Phi) is 6.39. The summed E-state index contributed by atoms with van der Waals surface area (Å²) in [6.45, 7) is 4.68. The average Bonchev–Trinajstić information content (AvgIpc) is 2.95. The molecule has 0 aromatic heterocycles. The molecule has 0 aromatic carbocycles. The van der Waals surface area contributed by atoms with Crippen LogP contribution in [0, 0.1) is 0 Å². The van der Waals surface area contributed by atoms with Crippen LogP contribution in [0.3, 0.4) is 0 Å². The predicted octanol–water partition coefficient (Wildman–Crippen LogP) is 1.63. The second kappa shape index (κ2) is 7.31. The Morgan fingerprint density at radius 1 is 1.50 bits per heavy atom. The van der Waals surface area contributed by atoms with E-state index >= 15 is 0 Å². The summed E-state index contributed by atoms with van der Waals surface area (Å²) in [4.78, 5) is 11.7. The molecule has 1 amide bonds. The van der Waals surface area contributed by atoms with E-state index < -0.39 is 0 Å². The Morgan fingerprint density at radius 3 is 2.94 bits per heavy atom. The average molecular weight is 277 g/mol. The summed E-state index contributed by atoms with van der Waals surface area (Å²) in [6, 6.07) is 0.555. The zero-order valence-corrected chi connectivity index (χ0v) is 12.0. The molecule has 2 N–H and O–H groups in total. The molecule has 2 aliphatic heterocycles. The first kappa shape index (κ1) is 15.7. The number of amides is 1. The third-order valence-corrected chi connectivity index (χ3v) is 3.84. The maximum atomic E-state index is 11.7. The highest BCUT2D eigenvalue weighted by Gasteiger charge is 2.30. The highest BCUT2D eigenvalue weighted by atomic mass is 35.5. The van der Waals surface area contributed by atoms with Crippen LogP contribution in [0.2, 0.25) is 0 Å². The van der Waals surface area contributed by atoms with Gasteiger partial charge in [-0.2, -0.15) is 0 Å². The molecule has 0 bridgehead atoms. The molecule has 0 aromatic rings. The number of hydrogen-bond donors (Lipinski definition) is 2. The molecule has 5 heteroatoms. The second-order valence-electron chi connectivity index (χ2n) is 5.51. The van der Waals surface area contributed by atoms with Crippen LogP contribution in [0.25, 0.3) is 0 Å². The molecule has 2 fully saturated rings. The fourth-order valence-corrected chi connectivity index (χ4v) is 2.66. The third kappa shape index (κ3) is 4.75. The molecule has 4 nitrogen and oxygen atoms in total. The molecular formula is C13H25ClN2O2. The van der Waals surface area contributed by atoms with Gasteiger partial charge in [0.15, 0.2) is 0 Å². The monoisotopic (exact) mass is 276 g/mol. The number of ether oxygens (including phenoxy) is 1. The van der Waals surface area contributed by atoms with E-state index in [-0.39, 0.29) is 23.9 Å². The summed E-state index contributed by atoms with van der Waals surface area (Å²) in [7, 11) is 0. The molecule has 106 valence electrons. The van der Waals surface area contributed by atoms with E-state index in [2.05, 4.69) is 17.6 Å². The number of carbonyl (C=O) groups is 1. The van der Waals surface area contributed by atoms with Crippen molar-refractivity contribution >= 4 is 18.3 Å². The Morgan fingerprint density at radius 2 is 2.33 bits per heavy atom. The van der Waals surface area contributed by atoms with Crippen molar-refractivity contribution in [2.75, 3.05) is 19.7 Å². The van der Waals surface area contributed by atoms with Gasteiger partial charge in [0.1, 0.15) is 0 Å². The smallest absolute Gasteiger partial charge is 0.220 e. The summed E-state index contributed by atoms with van der Waals surface area (Å²) in [5.41, 5.74) is -0.124. The van der Waals surface area contributed by atoms with Crippen LogP contribution in [-0.2, 0) is 9.53 Å². The first-order chi connectivity index (χ1) is 8.18. The maximum absolute atomic E-state index is 11.7. The molecule has 2 heterocycles. The van der Waals surface area contributed by atoms with Crippen molar-refractivity contribution in [2.45, 2.75) is 57.1 Å². The van der Waals surface area contributed by atoms with Gasteiger partial charge < -0.3 is 15.4 Å². The lowest BCUT2D eigenvalue weighted by Crippen LogP contribution is -2.40. The van der Waals surface area contributed by atoms with Crippen molar-refractivity contribution in [3.8, 4) is 0 Å². The summed E-state index contributed by atoms with van der Waals surface area (Å²) >= 11 is 0. The van der Waals surface area contributed by atoms with E-state index in [4.69, 9.17) is 4.74 Å². The van der Waals surface area contributed by atoms with Crippen LogP contribution in [-0.4, -0.2) is 37.2 Å². The molecule has 0 saturated carbocycles. The van der Waals surface area contributed by atoms with E-state index in [9.17, 15) is 4.79 Å². The van der Waals surface area contributed by atoms with Crippen LogP contribution < -0.4 is 10.6 Å². The molecule has 2 saturated heterocycles. The lowest BCUT2D eigenvalue weighted by molar-refractivity contribution is -0.122. The quantitative estimate of drug-likeness (QED) is 0.802. The summed E-state index contributed by atoms with van der Waals surface area (Å²) in [6.07, 6.45) is 6.22. The van der Waals surface area contributed by atoms with Gasteiger partial charge >= 0.3 is 0 Å². The molecule has 0 spiro atoms. The largest absolute Gasteiger partial charge is 0.373 e. The normalized spacial score (nSPS) is 31.1. The number of nitrogens with one attached hydrogen (secondary N) is 2. The first-order valence-electron chi connectivity index (χ1n) is 6.82. The number of carbonyl (C=O) groups excluding carboxylic acids is 1. The third-order valence-electron chi connectivity index (χ3n) is 3.84. The number of rotatable bonds is 5. The Bertz CT molecular complexity index is 262. The lowest BCUT2D eigenvalue weighted by atomic mass is 10.0. The van der Waals surface area contributed by atoms with Gasteiger partial charge in [-0.1, -0.05) is 0 Å². The van der Waals surface area contributed by atoms with Crippen molar-refractivity contribution in [2.24, 2.45) is 0 Å². The van der Waals surface area contributed by atoms with Crippen molar-refractivity contribution in [3.05, 3.63) is 0 Å². The molecule has 2 aliphatic rings. The predicted molar refractivity (Wildman–Crippen MR) is 74.1 cm³/mol. The number of halogens is 1. The van der Waals surface area contributed by atoms with E-state index in [1.165, 1.54) is 12.8 Å². The minimum Gasteiger partial charge on any atom is -0.373 e. The van der Waals surface area contributed by atoms with Gasteiger partial charge in [-0.3, -0.25) is 4.79 Å². The van der Waals surface area contributed by atoms with E-state index in [0.29, 0.717) is 19.0 Å². The zero-order valence-electron chi connectivity index (χ0n) is 11.2. The molecule has 2 atom stereocenters. The fourth-order valence-electron chi connectivity index (χ4n) is 2.66. The van der Waals surface area contributed by atoms with Crippen molar-refractivity contribution in [1.29, 1.82) is 0 Å². The van der Waals surface area contributed by atoms with E-state index in [1.807, 2.05) is 0 Å². The van der Waals surface area contributed by atoms with Crippen molar-refractivity contribution in [3.63, 3.8) is 0 Å². The molecule has 0 aliphatic carbocycles. The minimum atomic E-state index is -0.124. The van der Waals surface area contributed by atoms with E-state index in [0.717, 1.165) is 32.4 Å². The molecule has 2 unspecified atom stereocenters. The second-order valence-corrected chi connectivity index (χ2v) is 5.51. The van der Waals surface area contributed by atoms with Crippen LogP contribution in [0.1, 0.15) is 45.4 Å². The molecular weight excluding hydrogens is 252 g/mol. The highest BCUT2D eigenvalue weighted by Crippen LogP contribution is 2.23. The topological polar surface area (TPSA) is 50.4 Å². The SMILES string of the molecule is CC1(CNC(=O)CCC2CCCN2)CCCO1.Cl. The van der Waals surface area contributed by atoms with Crippen LogP contribution in [0.5, 0.6) is 0 Å². The van der Waals surface area contributed by atoms with Gasteiger partial charge in [0, 0.05) is 25.6 Å². The number of hydrogen-bond acceptors (Lipinski definition) is 3. The molecule has 2 rings (SSSR count). The molecule has 18 heavy (non-hydrogen) atoms. The zero-order chi connectivity index (χ0) is 12.1. The Labute approximate surface area is 116 Å². The van der Waals surface area contributed by atoms with Crippen LogP contribution in [0.15, 0.2) is 0 Å². The fraction of sp³-hybridized carbons (Fsp3) is 0.923. The van der Waals surface area contributed by atoms with Gasteiger partial charge in [-0.15, -0.1) is 12.4 Å². The van der Waals surface area contributed by atoms with Gasteiger partial charge in [-0.05, 0) is 45.6 Å². The Balaban J connectivity index is 0.00000162. The van der Waals surface area contributed by atoms with Crippen LogP contribution >= 0.6 is 12.4 Å². The summed E-state index contributed by atoms with van der Waals surface area (Å²) < 4.78 is 5.64. The summed E-state index contributed by atoms with van der Waals surface area (Å²) in [5, 5.41) is 6.41. The first-order valence-corrected chi connectivity index (χ1v) is 6.82. The highest BCUT2D eigenvalue weighted by molar-refractivity contribution is 5.85. The van der Waals surface area contributed by atoms with Crippen molar-refractivity contribution in [1.82, 2.24) is 10.6 Å². The van der Waals surface area contributed by atoms with Crippen molar-refractivity contribution < 1.29 is 9.53 Å². The van der Waals surface area contributed by atoms with Gasteiger partial charge in [-0.25, -0.2) is 0 Å². The van der Waals surface area contributed by atoms with Gasteiger partial charge in [0.25, 0.3) is 0 Å². The van der Waals surface area contributed by atoms with E-state index in [1.54, 1.807) is 0 Å². The molecule has 0 radical (unpaired) electrons. The summed E-state index contributed by atoms with van der Waals surface area (Å²) in [5.74, 6) is 0.162. The standard InChI is InChI=1S/C13H24N2O2.ClH/c1-13(7-3-9-17-13)10-15-12(16)6-5-11-4-2-8-14-11;/h11,14H,2-10H2,1H3,(H,15,16);1H. The minimum absolute atomic E-state index is 0. The lowest BCUT2D eigenvalue weighted by Gasteiger charge is -2.23. The maximum Gasteiger partial charge on any atom is 0.220 e. The van der Waals surface area contributed by atoms with Gasteiger partial charge in [0.2, 0.25) is 5.91 Å². The van der Waals surface area contributed by atoms with Gasteiger partial charge in [0.05, 0.1) is 5.60 Å². The van der Waals surface area contributed by atoms with Crippen LogP contribution in [0.4, 0.5) is 0 Å².